The van der Waals surface area contributed by atoms with E-state index in [9.17, 15) is 0 Å². The van der Waals surface area contributed by atoms with E-state index in [-0.39, 0.29) is 0 Å². The van der Waals surface area contributed by atoms with Crippen molar-refractivity contribution in [3.63, 3.8) is 0 Å². The number of aromatic nitrogens is 2. The van der Waals surface area contributed by atoms with Gasteiger partial charge in [0.05, 0.1) is 16.7 Å². The van der Waals surface area contributed by atoms with Gasteiger partial charge in [-0.15, -0.1) is 0 Å². The summed E-state index contributed by atoms with van der Waals surface area (Å²) in [4.78, 5) is 7.41. The third-order valence-corrected chi connectivity index (χ3v) is 9.80. The summed E-state index contributed by atoms with van der Waals surface area (Å²) < 4.78 is 8.85. The van der Waals surface area contributed by atoms with Crippen LogP contribution in [0.3, 0.4) is 0 Å². The minimum absolute atomic E-state index is 0.613. The van der Waals surface area contributed by atoms with Crippen molar-refractivity contribution in [2.75, 3.05) is 4.90 Å². The summed E-state index contributed by atoms with van der Waals surface area (Å²) in [6.45, 7) is 0. The average molecular weight is 654 g/mol. The molecule has 0 radical (unpaired) electrons. The highest BCUT2D eigenvalue weighted by Gasteiger charge is 2.22. The van der Waals surface area contributed by atoms with Crippen LogP contribution in [0.25, 0.3) is 71.9 Å². The predicted molar refractivity (Wildman–Crippen MR) is 211 cm³/mol. The second-order valence-electron chi connectivity index (χ2n) is 12.8. The molecule has 0 aliphatic carbocycles. The van der Waals surface area contributed by atoms with Gasteiger partial charge < -0.3 is 13.9 Å². The Hall–Kier alpha value is -6.91. The van der Waals surface area contributed by atoms with Crippen LogP contribution in [-0.4, -0.2) is 9.55 Å². The van der Waals surface area contributed by atoms with Crippen molar-refractivity contribution >= 4 is 60.7 Å². The lowest BCUT2D eigenvalue weighted by atomic mass is 10.0. The van der Waals surface area contributed by atoms with Gasteiger partial charge in [0.1, 0.15) is 5.52 Å². The van der Waals surface area contributed by atoms with E-state index in [0.29, 0.717) is 5.89 Å². The van der Waals surface area contributed by atoms with E-state index >= 15 is 0 Å². The minimum atomic E-state index is 0.613. The molecule has 0 unspecified atom stereocenters. The lowest BCUT2D eigenvalue weighted by Crippen LogP contribution is -2.10. The van der Waals surface area contributed by atoms with E-state index < -0.39 is 0 Å². The molecule has 2 aromatic heterocycles. The van der Waals surface area contributed by atoms with Crippen LogP contribution >= 0.6 is 0 Å². The van der Waals surface area contributed by atoms with Crippen LogP contribution in [0.2, 0.25) is 0 Å². The molecule has 4 nitrogen and oxygen atoms in total. The quantitative estimate of drug-likeness (QED) is 0.179. The summed E-state index contributed by atoms with van der Waals surface area (Å²) in [5, 5.41) is 4.50. The van der Waals surface area contributed by atoms with Crippen molar-refractivity contribution in [3.05, 3.63) is 188 Å². The topological polar surface area (TPSA) is 34.2 Å². The number of benzene rings is 8. The normalized spacial score (nSPS) is 11.5. The van der Waals surface area contributed by atoms with Gasteiger partial charge in [0, 0.05) is 44.2 Å². The molecule has 0 saturated heterocycles. The molecule has 0 spiro atoms. The van der Waals surface area contributed by atoms with Crippen molar-refractivity contribution in [3.8, 4) is 28.3 Å². The second-order valence-corrected chi connectivity index (χ2v) is 12.8. The molecule has 51 heavy (non-hydrogen) atoms. The van der Waals surface area contributed by atoms with Gasteiger partial charge in [-0.25, -0.2) is 4.98 Å². The molecular formula is C47H31N3O. The summed E-state index contributed by atoms with van der Waals surface area (Å²) in [5.41, 5.74) is 11.5. The fraction of sp³-hybridized carbons (Fsp3) is 0. The molecule has 4 heteroatoms. The molecular weight excluding hydrogens is 623 g/mol. The van der Waals surface area contributed by atoms with Gasteiger partial charge >= 0.3 is 0 Å². The number of para-hydroxylation sites is 2. The van der Waals surface area contributed by atoms with E-state index in [1.54, 1.807) is 0 Å². The number of anilines is 3. The SMILES string of the molecule is c1ccc(-c2ccc(N(c3ccc4c(c3)c3ccccc3n4-c3ccccc3)c3cc4nc(-c5ccccc5)oc4c4ccccc34)cc2)cc1. The minimum Gasteiger partial charge on any atom is -0.435 e. The van der Waals surface area contributed by atoms with Gasteiger partial charge in [-0.3, -0.25) is 0 Å². The van der Waals surface area contributed by atoms with Crippen molar-refractivity contribution in [1.82, 2.24) is 9.55 Å². The van der Waals surface area contributed by atoms with Crippen LogP contribution in [-0.2, 0) is 0 Å². The molecule has 0 N–H and O–H groups in total. The molecule has 10 rings (SSSR count). The fourth-order valence-corrected chi connectivity index (χ4v) is 7.44. The van der Waals surface area contributed by atoms with E-state index in [4.69, 9.17) is 9.40 Å². The molecule has 0 aliphatic rings. The monoisotopic (exact) mass is 653 g/mol. The lowest BCUT2D eigenvalue weighted by Gasteiger charge is -2.27. The van der Waals surface area contributed by atoms with Crippen LogP contribution < -0.4 is 4.90 Å². The Labute approximate surface area is 295 Å². The van der Waals surface area contributed by atoms with Crippen LogP contribution in [0.5, 0.6) is 0 Å². The lowest BCUT2D eigenvalue weighted by molar-refractivity contribution is 0.623. The standard InChI is InChI=1S/C47H31N3O/c1-4-14-32(15-5-1)33-24-26-36(27-25-33)49(37-28-29-44-41(30-37)39-21-12-13-23-43(39)50(44)35-18-8-3-9-19-35)45-31-42-46(40-22-11-10-20-38(40)45)51-47(48-42)34-16-6-2-7-17-34/h1-31H. The molecule has 0 amide bonds. The zero-order chi connectivity index (χ0) is 33.7. The van der Waals surface area contributed by atoms with E-state index in [0.717, 1.165) is 55.7 Å². The Kier molecular flexibility index (Phi) is 6.78. The van der Waals surface area contributed by atoms with Gasteiger partial charge in [-0.05, 0) is 77.9 Å². The van der Waals surface area contributed by atoms with Crippen molar-refractivity contribution in [1.29, 1.82) is 0 Å². The smallest absolute Gasteiger partial charge is 0.227 e. The van der Waals surface area contributed by atoms with Gasteiger partial charge in [0.15, 0.2) is 5.58 Å². The first kappa shape index (κ1) is 29.0. The van der Waals surface area contributed by atoms with E-state index in [2.05, 4.69) is 167 Å². The number of hydrogen-bond acceptors (Lipinski definition) is 3. The number of fused-ring (bicyclic) bond motifs is 6. The molecule has 2 heterocycles. The molecule has 8 aromatic carbocycles. The largest absolute Gasteiger partial charge is 0.435 e. The van der Waals surface area contributed by atoms with Crippen molar-refractivity contribution < 1.29 is 4.42 Å². The predicted octanol–water partition coefficient (Wildman–Crippen LogP) is 12.9. The first-order chi connectivity index (χ1) is 25.3. The summed E-state index contributed by atoms with van der Waals surface area (Å²) >= 11 is 0. The Morgan fingerprint density at radius 1 is 0.431 bits per heavy atom. The Bertz CT molecular complexity index is 2840. The van der Waals surface area contributed by atoms with E-state index in [1.807, 2.05) is 30.3 Å². The van der Waals surface area contributed by atoms with Crippen molar-refractivity contribution in [2.45, 2.75) is 0 Å². The molecule has 0 bridgehead atoms. The number of nitrogens with zero attached hydrogens (tertiary/aromatic N) is 3. The molecule has 0 saturated carbocycles. The van der Waals surface area contributed by atoms with Crippen LogP contribution in [0.15, 0.2) is 192 Å². The molecule has 0 atom stereocenters. The maximum absolute atomic E-state index is 6.50. The number of oxazole rings is 1. The number of hydrogen-bond donors (Lipinski definition) is 0. The third kappa shape index (κ3) is 4.88. The highest BCUT2D eigenvalue weighted by Crippen LogP contribution is 2.45. The first-order valence-corrected chi connectivity index (χ1v) is 17.2. The van der Waals surface area contributed by atoms with Gasteiger partial charge in [0.2, 0.25) is 5.89 Å². The summed E-state index contributed by atoms with van der Waals surface area (Å²) in [6.07, 6.45) is 0. The average Bonchev–Trinajstić information content (AvgIpc) is 3.79. The fourth-order valence-electron chi connectivity index (χ4n) is 7.44. The van der Waals surface area contributed by atoms with Crippen LogP contribution in [0, 0.1) is 0 Å². The second kappa shape index (κ2) is 11.9. The Morgan fingerprint density at radius 2 is 1.00 bits per heavy atom. The van der Waals surface area contributed by atoms with E-state index in [1.165, 1.54) is 27.4 Å². The Morgan fingerprint density at radius 3 is 1.75 bits per heavy atom. The summed E-state index contributed by atoms with van der Waals surface area (Å²) in [7, 11) is 0. The van der Waals surface area contributed by atoms with Gasteiger partial charge in [-0.1, -0.05) is 121 Å². The van der Waals surface area contributed by atoms with Gasteiger partial charge in [-0.2, -0.15) is 0 Å². The van der Waals surface area contributed by atoms with Crippen molar-refractivity contribution in [2.24, 2.45) is 0 Å². The Balaban J connectivity index is 1.23. The molecule has 10 aromatic rings. The van der Waals surface area contributed by atoms with Gasteiger partial charge in [0.25, 0.3) is 0 Å². The zero-order valence-electron chi connectivity index (χ0n) is 27.6. The summed E-state index contributed by atoms with van der Waals surface area (Å²) in [5.74, 6) is 0.613. The van der Waals surface area contributed by atoms with Crippen LogP contribution in [0.1, 0.15) is 0 Å². The number of rotatable bonds is 6. The maximum atomic E-state index is 6.50. The molecule has 240 valence electrons. The highest BCUT2D eigenvalue weighted by molar-refractivity contribution is 6.14. The zero-order valence-corrected chi connectivity index (χ0v) is 27.6. The summed E-state index contributed by atoms with van der Waals surface area (Å²) in [6, 6.07) is 66.2. The highest BCUT2D eigenvalue weighted by atomic mass is 16.3. The third-order valence-electron chi connectivity index (χ3n) is 9.80. The maximum Gasteiger partial charge on any atom is 0.227 e. The molecule has 0 aliphatic heterocycles. The van der Waals surface area contributed by atoms with Crippen LogP contribution in [0.4, 0.5) is 17.1 Å². The molecule has 0 fully saturated rings. The first-order valence-electron chi connectivity index (χ1n) is 17.2.